The SMILES string of the molecule is Cc1c(CF)sc2c1C(c1ccc(Cl)cc1)=N[C@@H](CC(=O)OC(C)(C)C)c1nnc(C)n1-2. The summed E-state index contributed by atoms with van der Waals surface area (Å²) in [5.41, 5.74) is 2.52. The third kappa shape index (κ3) is 4.21. The maximum absolute atomic E-state index is 13.8. The second-order valence-electron chi connectivity index (χ2n) is 8.70. The van der Waals surface area contributed by atoms with Gasteiger partial charge in [0.2, 0.25) is 0 Å². The highest BCUT2D eigenvalue weighted by atomic mass is 35.5. The van der Waals surface area contributed by atoms with E-state index in [0.717, 1.165) is 21.7 Å². The summed E-state index contributed by atoms with van der Waals surface area (Å²) in [6.07, 6.45) is 0.0104. The number of rotatable bonds is 4. The molecule has 9 heteroatoms. The van der Waals surface area contributed by atoms with Gasteiger partial charge in [-0.1, -0.05) is 23.7 Å². The number of benzene rings is 1. The zero-order valence-electron chi connectivity index (χ0n) is 18.6. The molecule has 0 saturated carbocycles. The zero-order valence-corrected chi connectivity index (χ0v) is 20.1. The van der Waals surface area contributed by atoms with Crippen molar-refractivity contribution in [3.05, 3.63) is 62.5 Å². The van der Waals surface area contributed by atoms with Crippen molar-refractivity contribution in [1.82, 2.24) is 14.8 Å². The van der Waals surface area contributed by atoms with Gasteiger partial charge in [0.1, 0.15) is 29.1 Å². The molecule has 6 nitrogen and oxygen atoms in total. The number of alkyl halides is 1. The fourth-order valence-electron chi connectivity index (χ4n) is 3.74. The Balaban J connectivity index is 1.93. The number of aromatic nitrogens is 3. The predicted molar refractivity (Wildman–Crippen MR) is 124 cm³/mol. The molecule has 2 aromatic heterocycles. The summed E-state index contributed by atoms with van der Waals surface area (Å²) in [5, 5.41) is 9.98. The minimum Gasteiger partial charge on any atom is -0.460 e. The van der Waals surface area contributed by atoms with Gasteiger partial charge in [-0.2, -0.15) is 0 Å². The van der Waals surface area contributed by atoms with Gasteiger partial charge >= 0.3 is 5.97 Å². The number of carbonyl (C=O) groups is 1. The molecule has 1 aliphatic rings. The van der Waals surface area contributed by atoms with Crippen molar-refractivity contribution in [3.63, 3.8) is 0 Å². The zero-order chi connectivity index (χ0) is 23.2. The molecule has 0 radical (unpaired) electrons. The molecule has 0 saturated heterocycles. The van der Waals surface area contributed by atoms with Crippen LogP contribution < -0.4 is 0 Å². The first-order valence-electron chi connectivity index (χ1n) is 10.3. The fourth-order valence-corrected chi connectivity index (χ4v) is 5.07. The maximum Gasteiger partial charge on any atom is 0.308 e. The summed E-state index contributed by atoms with van der Waals surface area (Å²) in [4.78, 5) is 18.3. The number of halogens is 2. The van der Waals surface area contributed by atoms with Crippen LogP contribution in [0.25, 0.3) is 5.00 Å². The Morgan fingerprint density at radius 2 is 1.91 bits per heavy atom. The molecule has 0 amide bonds. The lowest BCUT2D eigenvalue weighted by Crippen LogP contribution is -2.25. The molecule has 0 bridgehead atoms. The van der Waals surface area contributed by atoms with E-state index in [0.29, 0.717) is 27.3 Å². The summed E-state index contributed by atoms with van der Waals surface area (Å²) < 4.78 is 21.2. The van der Waals surface area contributed by atoms with Crippen molar-refractivity contribution < 1.29 is 13.9 Å². The number of aryl methyl sites for hydroxylation is 1. The number of thiophene rings is 1. The minimum absolute atomic E-state index is 0.0104. The number of fused-ring (bicyclic) bond motifs is 3. The Hall–Kier alpha value is -2.58. The molecule has 1 aliphatic heterocycles. The van der Waals surface area contributed by atoms with Gasteiger partial charge < -0.3 is 4.74 Å². The van der Waals surface area contributed by atoms with Gasteiger partial charge in [0.15, 0.2) is 5.82 Å². The van der Waals surface area contributed by atoms with Gasteiger partial charge in [-0.3, -0.25) is 14.4 Å². The molecule has 4 rings (SSSR count). The first-order valence-corrected chi connectivity index (χ1v) is 11.4. The topological polar surface area (TPSA) is 69.4 Å². The van der Waals surface area contributed by atoms with Crippen LogP contribution in [0.3, 0.4) is 0 Å². The normalized spacial score (nSPS) is 15.6. The first kappa shape index (κ1) is 22.6. The molecule has 3 heterocycles. The summed E-state index contributed by atoms with van der Waals surface area (Å²) >= 11 is 7.46. The van der Waals surface area contributed by atoms with E-state index in [9.17, 15) is 9.18 Å². The van der Waals surface area contributed by atoms with Gasteiger partial charge in [0.05, 0.1) is 12.1 Å². The molecule has 3 aromatic rings. The van der Waals surface area contributed by atoms with Crippen LogP contribution in [0, 0.1) is 13.8 Å². The van der Waals surface area contributed by atoms with Crippen LogP contribution in [0.4, 0.5) is 4.39 Å². The number of carbonyl (C=O) groups excluding carboxylic acids is 1. The molecule has 32 heavy (non-hydrogen) atoms. The molecule has 0 N–H and O–H groups in total. The number of nitrogens with zero attached hydrogens (tertiary/aromatic N) is 4. The van der Waals surface area contributed by atoms with Crippen LogP contribution in [0.2, 0.25) is 5.02 Å². The van der Waals surface area contributed by atoms with Gasteiger partial charge in [0, 0.05) is 21.0 Å². The number of hydrogen-bond acceptors (Lipinski definition) is 6. The lowest BCUT2D eigenvalue weighted by Gasteiger charge is -2.21. The summed E-state index contributed by atoms with van der Waals surface area (Å²) in [5.74, 6) is 0.806. The van der Waals surface area contributed by atoms with Gasteiger partial charge in [-0.25, -0.2) is 4.39 Å². The van der Waals surface area contributed by atoms with Crippen LogP contribution in [0.15, 0.2) is 29.3 Å². The Bertz CT molecular complexity index is 1210. The van der Waals surface area contributed by atoms with E-state index in [1.165, 1.54) is 11.3 Å². The number of hydrogen-bond donors (Lipinski definition) is 0. The summed E-state index contributed by atoms with van der Waals surface area (Å²) in [6.45, 7) is 8.63. The van der Waals surface area contributed by atoms with Crippen molar-refractivity contribution in [2.45, 2.75) is 59.4 Å². The average molecular weight is 475 g/mol. The number of ether oxygens (including phenoxy) is 1. The Morgan fingerprint density at radius 3 is 2.53 bits per heavy atom. The van der Waals surface area contributed by atoms with Crippen molar-refractivity contribution in [2.75, 3.05) is 0 Å². The van der Waals surface area contributed by atoms with Gasteiger partial charge in [-0.15, -0.1) is 21.5 Å². The van der Waals surface area contributed by atoms with Crippen LogP contribution in [0.5, 0.6) is 0 Å². The molecule has 0 spiro atoms. The lowest BCUT2D eigenvalue weighted by atomic mass is 9.99. The molecule has 168 valence electrons. The molecule has 0 unspecified atom stereocenters. The minimum atomic E-state index is -0.612. The van der Waals surface area contributed by atoms with E-state index in [1.54, 1.807) is 12.1 Å². The third-order valence-electron chi connectivity index (χ3n) is 5.12. The van der Waals surface area contributed by atoms with Crippen LogP contribution in [0.1, 0.15) is 66.5 Å². The highest BCUT2D eigenvalue weighted by Crippen LogP contribution is 2.40. The average Bonchev–Trinajstić information content (AvgIpc) is 3.20. The molecular formula is C23H24ClFN4O2S. The van der Waals surface area contributed by atoms with Crippen LogP contribution >= 0.6 is 22.9 Å². The van der Waals surface area contributed by atoms with Crippen LogP contribution in [-0.2, 0) is 16.2 Å². The second-order valence-corrected chi connectivity index (χ2v) is 10.2. The lowest BCUT2D eigenvalue weighted by molar-refractivity contribution is -0.155. The van der Waals surface area contributed by atoms with Crippen molar-refractivity contribution in [2.24, 2.45) is 4.99 Å². The largest absolute Gasteiger partial charge is 0.460 e. The summed E-state index contributed by atoms with van der Waals surface area (Å²) in [7, 11) is 0. The van der Waals surface area contributed by atoms with E-state index in [4.69, 9.17) is 21.3 Å². The Kier molecular flexibility index (Phi) is 5.94. The van der Waals surface area contributed by atoms with E-state index in [1.807, 2.05) is 51.3 Å². The van der Waals surface area contributed by atoms with E-state index in [-0.39, 0.29) is 12.4 Å². The smallest absolute Gasteiger partial charge is 0.308 e. The van der Waals surface area contributed by atoms with Gasteiger partial charge in [-0.05, 0) is 52.3 Å². The van der Waals surface area contributed by atoms with Crippen molar-refractivity contribution >= 4 is 34.6 Å². The fraction of sp³-hybridized carbons (Fsp3) is 0.391. The maximum atomic E-state index is 13.8. The van der Waals surface area contributed by atoms with Gasteiger partial charge in [0.25, 0.3) is 0 Å². The van der Waals surface area contributed by atoms with E-state index < -0.39 is 18.3 Å². The monoisotopic (exact) mass is 474 g/mol. The molecule has 0 fully saturated rings. The molecular weight excluding hydrogens is 451 g/mol. The quantitative estimate of drug-likeness (QED) is 0.455. The standard InChI is InChI=1S/C23H24ClFN4O2S/c1-12-17(11-25)32-22-19(12)20(14-6-8-15(24)9-7-14)26-16(10-18(30)31-23(3,4)5)21-28-27-13(2)29(21)22/h6-9,16H,10-11H2,1-5H3/t16-/m0/s1. The van der Waals surface area contributed by atoms with E-state index >= 15 is 0 Å². The molecule has 1 aromatic carbocycles. The van der Waals surface area contributed by atoms with Crippen molar-refractivity contribution in [1.29, 1.82) is 0 Å². The first-order chi connectivity index (χ1) is 15.1. The summed E-state index contributed by atoms with van der Waals surface area (Å²) in [6, 6.07) is 6.72. The van der Waals surface area contributed by atoms with E-state index in [2.05, 4.69) is 10.2 Å². The Labute approximate surface area is 195 Å². The van der Waals surface area contributed by atoms with Crippen LogP contribution in [-0.4, -0.2) is 32.0 Å². The number of aliphatic imine (C=N–C) groups is 1. The second kappa shape index (κ2) is 8.41. The number of esters is 1. The predicted octanol–water partition coefficient (Wildman–Crippen LogP) is 5.69. The Morgan fingerprint density at radius 1 is 1.22 bits per heavy atom. The highest BCUT2D eigenvalue weighted by molar-refractivity contribution is 7.15. The molecule has 1 atom stereocenters. The highest BCUT2D eigenvalue weighted by Gasteiger charge is 2.33. The third-order valence-corrected chi connectivity index (χ3v) is 6.61. The van der Waals surface area contributed by atoms with Crippen molar-refractivity contribution in [3.8, 4) is 5.00 Å². The molecule has 0 aliphatic carbocycles.